The summed E-state index contributed by atoms with van der Waals surface area (Å²) in [4.78, 5) is 0. The van der Waals surface area contributed by atoms with Crippen LogP contribution < -0.4 is 0 Å². The van der Waals surface area contributed by atoms with E-state index in [1.165, 1.54) is 38.5 Å². The fourth-order valence-electron chi connectivity index (χ4n) is 1.89. The molecule has 0 aromatic carbocycles. The Hall–Kier alpha value is -0.0800. The van der Waals surface area contributed by atoms with Crippen molar-refractivity contribution in [3.63, 3.8) is 0 Å². The van der Waals surface area contributed by atoms with E-state index in [9.17, 15) is 0 Å². The van der Waals surface area contributed by atoms with Crippen molar-refractivity contribution in [1.82, 2.24) is 0 Å². The second kappa shape index (κ2) is 6.02. The highest BCUT2D eigenvalue weighted by Gasteiger charge is 2.40. The van der Waals surface area contributed by atoms with Crippen LogP contribution >= 0.6 is 0 Å². The van der Waals surface area contributed by atoms with Crippen molar-refractivity contribution in [2.45, 2.75) is 52.4 Å². The first-order chi connectivity index (χ1) is 7.60. The molecule has 2 nitrogen and oxygen atoms in total. The summed E-state index contributed by atoms with van der Waals surface area (Å²) < 4.78 is 10.0. The number of ether oxygens (including phenoxy) is 2. The van der Waals surface area contributed by atoms with E-state index in [4.69, 9.17) is 9.47 Å². The predicted molar refractivity (Wildman–Crippen MR) is 67.7 cm³/mol. The molecule has 2 rings (SSSR count). The molecule has 16 heavy (non-hydrogen) atoms. The average Bonchev–Trinajstić information content (AvgIpc) is 3.17. The van der Waals surface area contributed by atoms with Gasteiger partial charge in [-0.2, -0.15) is 0 Å². The fraction of sp³-hybridized carbons (Fsp3) is 1.00. The zero-order valence-corrected chi connectivity index (χ0v) is 11.5. The summed E-state index contributed by atoms with van der Waals surface area (Å²) in [6, 6.07) is 0. The summed E-state index contributed by atoms with van der Waals surface area (Å²) in [5.74, 6) is 0. The molecule has 0 heterocycles. The molecule has 0 radical (unpaired) electrons. The lowest BCUT2D eigenvalue weighted by molar-refractivity contribution is 0.139. The van der Waals surface area contributed by atoms with Crippen molar-refractivity contribution in [2.24, 2.45) is 10.8 Å². The van der Waals surface area contributed by atoms with Crippen LogP contribution in [0.2, 0.25) is 0 Å². The van der Waals surface area contributed by atoms with E-state index in [0.29, 0.717) is 10.8 Å². The third-order valence-corrected chi connectivity index (χ3v) is 4.17. The average molecular weight is 228 g/mol. The maximum atomic E-state index is 5.06. The van der Waals surface area contributed by atoms with Crippen LogP contribution in [0.25, 0.3) is 0 Å². The van der Waals surface area contributed by atoms with Crippen LogP contribution in [-0.2, 0) is 9.47 Å². The minimum absolute atomic E-state index is 0.620. The highest BCUT2D eigenvalue weighted by atomic mass is 16.5. The van der Waals surface area contributed by atoms with Crippen LogP contribution in [0.1, 0.15) is 52.4 Å². The van der Waals surface area contributed by atoms with E-state index < -0.39 is 0 Å². The maximum absolute atomic E-state index is 5.06. The van der Waals surface area contributed by atoms with Crippen molar-refractivity contribution in [3.05, 3.63) is 0 Å². The van der Waals surface area contributed by atoms with Gasteiger partial charge in [0.15, 0.2) is 0 Å². The number of hydrogen-bond acceptors (Lipinski definition) is 2. The van der Waals surface area contributed by atoms with E-state index in [-0.39, 0.29) is 0 Å². The third kappa shape index (κ3) is 4.84. The van der Waals surface area contributed by atoms with Crippen LogP contribution in [0, 0.1) is 10.8 Å². The Morgan fingerprint density at radius 1 is 1.00 bits per heavy atom. The Morgan fingerprint density at radius 3 is 1.88 bits per heavy atom. The Kier molecular flexibility index (Phi) is 5.26. The van der Waals surface area contributed by atoms with Crippen molar-refractivity contribution in [1.29, 1.82) is 0 Å². The molecular formula is C14H28O2. The van der Waals surface area contributed by atoms with Gasteiger partial charge in [0.2, 0.25) is 0 Å². The van der Waals surface area contributed by atoms with Gasteiger partial charge in [-0.25, -0.2) is 0 Å². The molecule has 0 saturated heterocycles. The molecule has 0 N–H and O–H groups in total. The Morgan fingerprint density at radius 2 is 1.62 bits per heavy atom. The molecule has 2 fully saturated rings. The molecule has 0 aromatic rings. The predicted octanol–water partition coefficient (Wildman–Crippen LogP) is 3.65. The van der Waals surface area contributed by atoms with E-state index in [0.717, 1.165) is 13.2 Å². The lowest BCUT2D eigenvalue weighted by Crippen LogP contribution is -2.06. The summed E-state index contributed by atoms with van der Waals surface area (Å²) in [5, 5.41) is 0. The first-order valence-electron chi connectivity index (χ1n) is 6.58. The van der Waals surface area contributed by atoms with E-state index in [1.54, 1.807) is 14.2 Å². The van der Waals surface area contributed by atoms with Gasteiger partial charge in [0.25, 0.3) is 0 Å². The van der Waals surface area contributed by atoms with Gasteiger partial charge in [-0.05, 0) is 49.4 Å². The van der Waals surface area contributed by atoms with E-state index >= 15 is 0 Å². The zero-order chi connectivity index (χ0) is 12.1. The minimum atomic E-state index is 0.620. The third-order valence-electron chi connectivity index (χ3n) is 4.17. The minimum Gasteiger partial charge on any atom is -0.385 e. The van der Waals surface area contributed by atoms with Crippen LogP contribution in [0.4, 0.5) is 0 Å². The smallest absolute Gasteiger partial charge is 0.0518 e. The summed E-state index contributed by atoms with van der Waals surface area (Å²) in [5.41, 5.74) is 1.30. The summed E-state index contributed by atoms with van der Waals surface area (Å²) >= 11 is 0. The summed E-state index contributed by atoms with van der Waals surface area (Å²) in [6.07, 6.45) is 8.14. The van der Waals surface area contributed by atoms with Gasteiger partial charge in [-0.3, -0.25) is 0 Å². The van der Waals surface area contributed by atoms with Crippen molar-refractivity contribution < 1.29 is 9.47 Å². The molecule has 0 atom stereocenters. The fourth-order valence-corrected chi connectivity index (χ4v) is 1.89. The molecule has 2 saturated carbocycles. The molecule has 0 bridgehead atoms. The molecule has 96 valence electrons. The first-order valence-corrected chi connectivity index (χ1v) is 6.58. The van der Waals surface area contributed by atoms with Gasteiger partial charge in [-0.1, -0.05) is 13.8 Å². The molecule has 2 aliphatic rings. The van der Waals surface area contributed by atoms with Crippen LogP contribution in [0.5, 0.6) is 0 Å². The number of hydrogen-bond donors (Lipinski definition) is 0. The first kappa shape index (κ1) is 14.0. The van der Waals surface area contributed by atoms with Crippen molar-refractivity contribution >= 4 is 0 Å². The molecule has 0 unspecified atom stereocenters. The van der Waals surface area contributed by atoms with Gasteiger partial charge in [0.1, 0.15) is 0 Å². The second-order valence-electron chi connectivity index (χ2n) is 5.84. The van der Waals surface area contributed by atoms with Crippen molar-refractivity contribution in [2.75, 3.05) is 27.4 Å². The standard InChI is InChI=1S/2C7H14O/c1-7(3-4-7)5-6-8-2;1-3-7(4-5-7)6-8-2/h2*3-6H2,1-2H3. The van der Waals surface area contributed by atoms with E-state index in [2.05, 4.69) is 13.8 Å². The number of rotatable bonds is 6. The highest BCUT2D eigenvalue weighted by molar-refractivity contribution is 4.91. The molecule has 0 amide bonds. The normalized spacial score (nSPS) is 23.2. The van der Waals surface area contributed by atoms with Crippen LogP contribution in [0.3, 0.4) is 0 Å². The van der Waals surface area contributed by atoms with Gasteiger partial charge in [-0.15, -0.1) is 0 Å². The van der Waals surface area contributed by atoms with Gasteiger partial charge >= 0.3 is 0 Å². The molecule has 2 aliphatic carbocycles. The van der Waals surface area contributed by atoms with E-state index in [1.807, 2.05) is 0 Å². The molecule has 2 heteroatoms. The molecular weight excluding hydrogens is 200 g/mol. The van der Waals surface area contributed by atoms with Crippen LogP contribution in [-0.4, -0.2) is 27.4 Å². The number of methoxy groups -OCH3 is 2. The molecule has 0 aromatic heterocycles. The Labute approximate surface area is 101 Å². The van der Waals surface area contributed by atoms with Crippen molar-refractivity contribution in [3.8, 4) is 0 Å². The monoisotopic (exact) mass is 228 g/mol. The summed E-state index contributed by atoms with van der Waals surface area (Å²) in [6.45, 7) is 6.48. The maximum Gasteiger partial charge on any atom is 0.0518 e. The van der Waals surface area contributed by atoms with Crippen LogP contribution in [0.15, 0.2) is 0 Å². The largest absolute Gasteiger partial charge is 0.385 e. The van der Waals surface area contributed by atoms with Gasteiger partial charge < -0.3 is 9.47 Å². The van der Waals surface area contributed by atoms with Gasteiger partial charge in [0.05, 0.1) is 6.61 Å². The topological polar surface area (TPSA) is 18.5 Å². The zero-order valence-electron chi connectivity index (χ0n) is 11.5. The summed E-state index contributed by atoms with van der Waals surface area (Å²) in [7, 11) is 3.56. The SMILES string of the molecule is CCC1(COC)CC1.COCCC1(C)CC1. The lowest BCUT2D eigenvalue weighted by atomic mass is 10.1. The van der Waals surface area contributed by atoms with Gasteiger partial charge in [0, 0.05) is 20.8 Å². The Balaban J connectivity index is 0.000000160. The second-order valence-corrected chi connectivity index (χ2v) is 5.84. The molecule has 0 spiro atoms. The lowest BCUT2D eigenvalue weighted by Gasteiger charge is -2.08. The quantitative estimate of drug-likeness (QED) is 0.691. The highest BCUT2D eigenvalue weighted by Crippen LogP contribution is 2.48. The Bertz CT molecular complexity index is 193. The molecule has 0 aliphatic heterocycles.